The van der Waals surface area contributed by atoms with E-state index in [1.807, 2.05) is 0 Å². The van der Waals surface area contributed by atoms with Gasteiger partial charge in [0.1, 0.15) is 17.6 Å². The largest absolute Gasteiger partial charge is 0.295 e. The van der Waals surface area contributed by atoms with Gasteiger partial charge in [-0.15, -0.1) is 0 Å². The third-order valence-corrected chi connectivity index (χ3v) is 1.38. The van der Waals surface area contributed by atoms with E-state index >= 15 is 0 Å². The summed E-state index contributed by atoms with van der Waals surface area (Å²) in [6.07, 6.45) is 0.990. The molecule has 0 bridgehead atoms. The summed E-state index contributed by atoms with van der Waals surface area (Å²) in [5.74, 6) is 4.47. The van der Waals surface area contributed by atoms with Crippen molar-refractivity contribution >= 4 is 0 Å². The second-order valence-electron chi connectivity index (χ2n) is 2.15. The van der Waals surface area contributed by atoms with Crippen LogP contribution in [0.15, 0.2) is 18.3 Å². The lowest BCUT2D eigenvalue weighted by atomic mass is 10.2. The summed E-state index contributed by atoms with van der Waals surface area (Å²) >= 11 is 0. The van der Waals surface area contributed by atoms with Crippen LogP contribution in [0.3, 0.4) is 0 Å². The van der Waals surface area contributed by atoms with Crippen LogP contribution in [0.5, 0.6) is 0 Å². The normalized spacial score (nSPS) is 13.0. The number of hydrogen-bond acceptors (Lipinski definition) is 3. The fourth-order valence-electron chi connectivity index (χ4n) is 0.761. The van der Waals surface area contributed by atoms with Gasteiger partial charge < -0.3 is 0 Å². The van der Waals surface area contributed by atoms with Crippen molar-refractivity contribution in [1.82, 2.24) is 4.98 Å². The highest BCUT2D eigenvalue weighted by Gasteiger charge is 2.10. The first-order chi connectivity index (χ1) is 5.25. The lowest BCUT2D eigenvalue weighted by Gasteiger charge is -2.07. The monoisotopic (exact) mass is 156 g/mol. The summed E-state index contributed by atoms with van der Waals surface area (Å²) in [5.41, 5.74) is 0.231. The van der Waals surface area contributed by atoms with Crippen molar-refractivity contribution in [3.63, 3.8) is 0 Å². The zero-order valence-electron chi connectivity index (χ0n) is 6.12. The lowest BCUT2D eigenvalue weighted by Crippen LogP contribution is -2.08. The van der Waals surface area contributed by atoms with Crippen LogP contribution in [-0.4, -0.2) is 4.98 Å². The summed E-state index contributed by atoms with van der Waals surface area (Å²) in [5, 5.41) is 0. The van der Waals surface area contributed by atoms with Crippen molar-refractivity contribution in [3.8, 4) is 0 Å². The highest BCUT2D eigenvalue weighted by molar-refractivity contribution is 5.09. The van der Waals surface area contributed by atoms with Gasteiger partial charge in [-0.3, -0.25) is 9.82 Å². The van der Waals surface area contributed by atoms with Crippen LogP contribution in [0, 0.1) is 5.82 Å². The Hall–Kier alpha value is -1.00. The van der Waals surface area contributed by atoms with E-state index in [1.165, 1.54) is 18.3 Å². The molecule has 60 valence electrons. The van der Waals surface area contributed by atoms with Crippen LogP contribution in [0.1, 0.15) is 18.7 Å². The van der Waals surface area contributed by atoms with Crippen LogP contribution in [0.25, 0.3) is 0 Å². The van der Waals surface area contributed by atoms with E-state index in [1.54, 1.807) is 6.92 Å². The third-order valence-electron chi connectivity index (χ3n) is 1.38. The Morgan fingerprint density at radius 2 is 2.45 bits per heavy atom. The minimum atomic E-state index is -0.504. The molecule has 0 amide bonds. The van der Waals surface area contributed by atoms with Gasteiger partial charge in [-0.25, -0.2) is 10.3 Å². The van der Waals surface area contributed by atoms with Gasteiger partial charge in [-0.05, 0) is 19.1 Å². The minimum Gasteiger partial charge on any atom is -0.295 e. The number of pyridine rings is 1. The second-order valence-corrected chi connectivity index (χ2v) is 2.15. The molecule has 1 heterocycles. The van der Waals surface area contributed by atoms with Crippen LogP contribution in [0.2, 0.25) is 0 Å². The predicted octanol–water partition coefficient (Wildman–Crippen LogP) is 1.17. The topological polar surface area (TPSA) is 48.1 Å². The number of rotatable bonds is 2. The van der Waals surface area contributed by atoms with E-state index in [2.05, 4.69) is 9.82 Å². The molecule has 11 heavy (non-hydrogen) atoms. The SMILES string of the molecule is CC(ON)c1ncccc1F. The minimum absolute atomic E-state index is 0.231. The zero-order chi connectivity index (χ0) is 8.27. The molecule has 3 nitrogen and oxygen atoms in total. The standard InChI is InChI=1S/C7H9FN2O/c1-5(11-9)7-6(8)3-2-4-10-7/h2-5H,9H2,1H3. The molecule has 1 aromatic heterocycles. The Morgan fingerprint density at radius 1 is 1.73 bits per heavy atom. The van der Waals surface area contributed by atoms with Crippen LogP contribution < -0.4 is 5.90 Å². The first kappa shape index (κ1) is 8.10. The van der Waals surface area contributed by atoms with Crippen molar-refractivity contribution in [1.29, 1.82) is 0 Å². The van der Waals surface area contributed by atoms with Gasteiger partial charge in [0.2, 0.25) is 0 Å². The lowest BCUT2D eigenvalue weighted by molar-refractivity contribution is 0.0606. The first-order valence-corrected chi connectivity index (χ1v) is 3.21. The summed E-state index contributed by atoms with van der Waals surface area (Å²) in [7, 11) is 0. The average Bonchev–Trinajstić information content (AvgIpc) is 2.04. The number of hydrogen-bond donors (Lipinski definition) is 1. The molecular formula is C7H9FN2O. The van der Waals surface area contributed by atoms with Crippen molar-refractivity contribution in [2.75, 3.05) is 0 Å². The molecule has 0 aromatic carbocycles. The molecule has 1 aromatic rings. The Labute approximate surface area is 64.0 Å². The Kier molecular flexibility index (Phi) is 2.51. The quantitative estimate of drug-likeness (QED) is 0.654. The van der Waals surface area contributed by atoms with E-state index < -0.39 is 11.9 Å². The molecule has 0 aliphatic carbocycles. The summed E-state index contributed by atoms with van der Waals surface area (Å²) in [4.78, 5) is 8.18. The average molecular weight is 156 g/mol. The van der Waals surface area contributed by atoms with E-state index in [-0.39, 0.29) is 5.69 Å². The summed E-state index contributed by atoms with van der Waals surface area (Å²) < 4.78 is 12.8. The molecule has 1 atom stereocenters. The molecule has 2 N–H and O–H groups in total. The molecule has 0 saturated carbocycles. The van der Waals surface area contributed by atoms with Crippen LogP contribution >= 0.6 is 0 Å². The van der Waals surface area contributed by atoms with Crippen molar-refractivity contribution in [2.24, 2.45) is 5.90 Å². The molecule has 0 aliphatic heterocycles. The molecule has 0 fully saturated rings. The molecule has 0 radical (unpaired) electrons. The number of halogens is 1. The Balaban J connectivity index is 2.93. The molecule has 4 heteroatoms. The van der Waals surface area contributed by atoms with E-state index in [0.29, 0.717) is 0 Å². The van der Waals surface area contributed by atoms with Gasteiger partial charge in [-0.2, -0.15) is 0 Å². The van der Waals surface area contributed by atoms with Gasteiger partial charge in [0.05, 0.1) is 0 Å². The fourth-order valence-corrected chi connectivity index (χ4v) is 0.761. The van der Waals surface area contributed by atoms with Crippen molar-refractivity contribution < 1.29 is 9.23 Å². The van der Waals surface area contributed by atoms with Crippen molar-refractivity contribution in [2.45, 2.75) is 13.0 Å². The zero-order valence-corrected chi connectivity index (χ0v) is 6.12. The van der Waals surface area contributed by atoms with E-state index in [4.69, 9.17) is 5.90 Å². The smallest absolute Gasteiger partial charge is 0.147 e. The highest BCUT2D eigenvalue weighted by atomic mass is 19.1. The summed E-state index contributed by atoms with van der Waals surface area (Å²) in [6.45, 7) is 1.63. The first-order valence-electron chi connectivity index (χ1n) is 3.21. The number of aromatic nitrogens is 1. The van der Waals surface area contributed by atoms with Crippen molar-refractivity contribution in [3.05, 3.63) is 29.8 Å². The molecule has 0 saturated heterocycles. The maximum Gasteiger partial charge on any atom is 0.147 e. The van der Waals surface area contributed by atoms with Gasteiger partial charge in [0.25, 0.3) is 0 Å². The number of nitrogens with zero attached hydrogens (tertiary/aromatic N) is 1. The Morgan fingerprint density at radius 3 is 3.00 bits per heavy atom. The molecule has 0 aliphatic rings. The highest BCUT2D eigenvalue weighted by Crippen LogP contribution is 2.14. The maximum absolute atomic E-state index is 12.8. The molecular weight excluding hydrogens is 147 g/mol. The maximum atomic E-state index is 12.8. The third kappa shape index (κ3) is 1.72. The van der Waals surface area contributed by atoms with Gasteiger partial charge in [0, 0.05) is 6.20 Å². The van der Waals surface area contributed by atoms with Crippen LogP contribution in [0.4, 0.5) is 4.39 Å². The predicted molar refractivity (Wildman–Crippen MR) is 37.9 cm³/mol. The van der Waals surface area contributed by atoms with Crippen LogP contribution in [-0.2, 0) is 4.84 Å². The number of nitrogens with two attached hydrogens (primary N) is 1. The summed E-state index contributed by atoms with van der Waals surface area (Å²) in [6, 6.07) is 2.83. The van der Waals surface area contributed by atoms with Gasteiger partial charge in [0.15, 0.2) is 0 Å². The Bertz CT molecular complexity index is 242. The van der Waals surface area contributed by atoms with Gasteiger partial charge in [-0.1, -0.05) is 0 Å². The molecule has 0 spiro atoms. The van der Waals surface area contributed by atoms with E-state index in [9.17, 15) is 4.39 Å². The molecule has 1 rings (SSSR count). The second kappa shape index (κ2) is 3.41. The van der Waals surface area contributed by atoms with E-state index in [0.717, 1.165) is 0 Å². The fraction of sp³-hybridized carbons (Fsp3) is 0.286. The molecule has 1 unspecified atom stereocenters. The van der Waals surface area contributed by atoms with Gasteiger partial charge >= 0.3 is 0 Å².